The molecule has 0 amide bonds. The molecule has 0 atom stereocenters. The second kappa shape index (κ2) is 5.28. The molecule has 1 aromatic rings. The lowest BCUT2D eigenvalue weighted by Crippen LogP contribution is -2.22. The topological polar surface area (TPSA) is 37.8 Å². The Morgan fingerprint density at radius 2 is 1.81 bits per heavy atom. The summed E-state index contributed by atoms with van der Waals surface area (Å²) in [5.41, 5.74) is 1.47. The molecule has 0 bridgehead atoms. The number of hydrogen-bond acceptors (Lipinski definition) is 3. The van der Waals surface area contributed by atoms with Gasteiger partial charge in [0.15, 0.2) is 0 Å². The van der Waals surface area contributed by atoms with E-state index in [0.717, 1.165) is 18.9 Å². The van der Waals surface area contributed by atoms with Crippen molar-refractivity contribution in [1.82, 2.24) is 9.97 Å². The number of hydrogen-bond donors (Lipinski definition) is 1. The molecule has 1 heterocycles. The normalized spacial score (nSPS) is 11.9. The fourth-order valence-corrected chi connectivity index (χ4v) is 1.17. The number of aromatic nitrogens is 2. The maximum atomic E-state index is 4.32. The van der Waals surface area contributed by atoms with Crippen LogP contribution >= 0.6 is 0 Å². The second-order valence-electron chi connectivity index (χ2n) is 5.37. The van der Waals surface area contributed by atoms with Crippen LogP contribution in [0.5, 0.6) is 0 Å². The van der Waals surface area contributed by atoms with E-state index in [1.54, 1.807) is 0 Å². The Hall–Kier alpha value is -1.12. The van der Waals surface area contributed by atoms with Crippen LogP contribution in [0.3, 0.4) is 0 Å². The van der Waals surface area contributed by atoms with Gasteiger partial charge in [-0.15, -0.1) is 0 Å². The van der Waals surface area contributed by atoms with Gasteiger partial charge in [-0.1, -0.05) is 34.6 Å². The van der Waals surface area contributed by atoms with Gasteiger partial charge >= 0.3 is 0 Å². The largest absolute Gasteiger partial charge is 0.354 e. The van der Waals surface area contributed by atoms with Crippen LogP contribution in [0, 0.1) is 5.41 Å². The molecule has 1 aromatic heterocycles. The van der Waals surface area contributed by atoms with Gasteiger partial charge in [-0.2, -0.15) is 0 Å². The van der Waals surface area contributed by atoms with Crippen LogP contribution in [0.25, 0.3) is 0 Å². The number of nitrogens with zero attached hydrogens (tertiary/aromatic N) is 2. The van der Waals surface area contributed by atoms with Crippen LogP contribution in [-0.2, 0) is 0 Å². The van der Waals surface area contributed by atoms with E-state index in [1.807, 2.05) is 12.4 Å². The lowest BCUT2D eigenvalue weighted by Gasteiger charge is -2.22. The molecule has 0 aliphatic rings. The van der Waals surface area contributed by atoms with E-state index in [4.69, 9.17) is 0 Å². The molecule has 0 unspecified atom stereocenters. The van der Waals surface area contributed by atoms with Gasteiger partial charge in [-0.05, 0) is 23.3 Å². The van der Waals surface area contributed by atoms with Gasteiger partial charge in [0.25, 0.3) is 0 Å². The van der Waals surface area contributed by atoms with Crippen molar-refractivity contribution in [2.24, 2.45) is 5.41 Å². The van der Waals surface area contributed by atoms with E-state index in [9.17, 15) is 0 Å². The maximum absolute atomic E-state index is 4.32. The summed E-state index contributed by atoms with van der Waals surface area (Å²) in [5, 5.41) is 3.28. The number of rotatable bonds is 5. The molecular weight excluding hydrogens is 198 g/mol. The number of nitrogens with one attached hydrogen (secondary N) is 1. The molecule has 0 spiro atoms. The van der Waals surface area contributed by atoms with Gasteiger partial charge in [-0.3, -0.25) is 0 Å². The SMILES string of the molecule is CCC(C)(C)CNc1ncc(C(C)C)cn1. The molecule has 1 rings (SSSR count). The van der Waals surface area contributed by atoms with Crippen LogP contribution in [0.4, 0.5) is 5.95 Å². The summed E-state index contributed by atoms with van der Waals surface area (Å²) in [6, 6.07) is 0. The van der Waals surface area contributed by atoms with Gasteiger partial charge in [0.1, 0.15) is 0 Å². The summed E-state index contributed by atoms with van der Waals surface area (Å²) < 4.78 is 0. The smallest absolute Gasteiger partial charge is 0.222 e. The average molecular weight is 221 g/mol. The highest BCUT2D eigenvalue weighted by Gasteiger charge is 2.14. The van der Waals surface area contributed by atoms with Crippen molar-refractivity contribution in [3.8, 4) is 0 Å². The molecule has 90 valence electrons. The van der Waals surface area contributed by atoms with Gasteiger partial charge in [0.2, 0.25) is 5.95 Å². The minimum Gasteiger partial charge on any atom is -0.354 e. The highest BCUT2D eigenvalue weighted by molar-refractivity contribution is 5.25. The van der Waals surface area contributed by atoms with Crippen molar-refractivity contribution in [1.29, 1.82) is 0 Å². The first-order valence-corrected chi connectivity index (χ1v) is 6.00. The van der Waals surface area contributed by atoms with Crippen LogP contribution in [0.1, 0.15) is 52.5 Å². The zero-order valence-electron chi connectivity index (χ0n) is 11.0. The Kier molecular flexibility index (Phi) is 4.27. The third-order valence-corrected chi connectivity index (χ3v) is 3.02. The van der Waals surface area contributed by atoms with E-state index in [-0.39, 0.29) is 0 Å². The first-order valence-electron chi connectivity index (χ1n) is 6.00. The molecule has 3 nitrogen and oxygen atoms in total. The first-order chi connectivity index (χ1) is 7.44. The Bertz CT molecular complexity index is 314. The molecule has 3 heteroatoms. The van der Waals surface area contributed by atoms with Gasteiger partial charge in [-0.25, -0.2) is 9.97 Å². The van der Waals surface area contributed by atoms with E-state index >= 15 is 0 Å². The predicted molar refractivity (Wildman–Crippen MR) is 68.7 cm³/mol. The number of anilines is 1. The fraction of sp³-hybridized carbons (Fsp3) is 0.692. The van der Waals surface area contributed by atoms with Crippen molar-refractivity contribution < 1.29 is 0 Å². The summed E-state index contributed by atoms with van der Waals surface area (Å²) in [7, 11) is 0. The van der Waals surface area contributed by atoms with E-state index in [2.05, 4.69) is 49.9 Å². The van der Waals surface area contributed by atoms with E-state index < -0.39 is 0 Å². The minimum atomic E-state index is 0.292. The minimum absolute atomic E-state index is 0.292. The van der Waals surface area contributed by atoms with Crippen molar-refractivity contribution in [2.45, 2.75) is 47.0 Å². The molecular formula is C13H23N3. The molecule has 0 saturated heterocycles. The molecule has 0 aliphatic heterocycles. The molecule has 0 aromatic carbocycles. The highest BCUT2D eigenvalue weighted by Crippen LogP contribution is 2.19. The molecule has 0 aliphatic carbocycles. The lowest BCUT2D eigenvalue weighted by molar-refractivity contribution is 0.376. The van der Waals surface area contributed by atoms with E-state index in [1.165, 1.54) is 5.56 Å². The Morgan fingerprint density at radius 3 is 2.25 bits per heavy atom. The zero-order chi connectivity index (χ0) is 12.2. The summed E-state index contributed by atoms with van der Waals surface area (Å²) in [6.07, 6.45) is 4.95. The Morgan fingerprint density at radius 1 is 1.25 bits per heavy atom. The van der Waals surface area contributed by atoms with Crippen LogP contribution in [0.15, 0.2) is 12.4 Å². The van der Waals surface area contributed by atoms with Gasteiger partial charge in [0.05, 0.1) is 0 Å². The zero-order valence-corrected chi connectivity index (χ0v) is 11.0. The fourth-order valence-electron chi connectivity index (χ4n) is 1.17. The van der Waals surface area contributed by atoms with Crippen molar-refractivity contribution in [2.75, 3.05) is 11.9 Å². The molecule has 0 fully saturated rings. The first kappa shape index (κ1) is 12.9. The quantitative estimate of drug-likeness (QED) is 0.827. The lowest BCUT2D eigenvalue weighted by atomic mass is 9.90. The van der Waals surface area contributed by atoms with Crippen LogP contribution < -0.4 is 5.32 Å². The molecule has 16 heavy (non-hydrogen) atoms. The highest BCUT2D eigenvalue weighted by atomic mass is 15.1. The second-order valence-corrected chi connectivity index (χ2v) is 5.37. The predicted octanol–water partition coefficient (Wildman–Crippen LogP) is 3.45. The summed E-state index contributed by atoms with van der Waals surface area (Å²) >= 11 is 0. The van der Waals surface area contributed by atoms with Gasteiger partial charge < -0.3 is 5.32 Å². The monoisotopic (exact) mass is 221 g/mol. The Balaban J connectivity index is 2.56. The third-order valence-electron chi connectivity index (χ3n) is 3.02. The summed E-state index contributed by atoms with van der Waals surface area (Å²) in [6.45, 7) is 11.9. The van der Waals surface area contributed by atoms with Crippen LogP contribution in [-0.4, -0.2) is 16.5 Å². The molecule has 0 saturated carbocycles. The van der Waals surface area contributed by atoms with E-state index in [0.29, 0.717) is 11.3 Å². The average Bonchev–Trinajstić information content (AvgIpc) is 2.27. The maximum Gasteiger partial charge on any atom is 0.222 e. The molecule has 1 N–H and O–H groups in total. The standard InChI is InChI=1S/C13H23N3/c1-6-13(4,5)9-16-12-14-7-11(8-15-12)10(2)3/h7-8,10H,6,9H2,1-5H3,(H,14,15,16). The third kappa shape index (κ3) is 3.80. The Labute approximate surface area is 98.7 Å². The van der Waals surface area contributed by atoms with Gasteiger partial charge in [0, 0.05) is 18.9 Å². The van der Waals surface area contributed by atoms with Crippen LogP contribution in [0.2, 0.25) is 0 Å². The summed E-state index contributed by atoms with van der Waals surface area (Å²) in [5.74, 6) is 1.21. The van der Waals surface area contributed by atoms with Crippen molar-refractivity contribution in [3.05, 3.63) is 18.0 Å². The summed E-state index contributed by atoms with van der Waals surface area (Å²) in [4.78, 5) is 8.63. The van der Waals surface area contributed by atoms with Crippen molar-refractivity contribution in [3.63, 3.8) is 0 Å². The van der Waals surface area contributed by atoms with Crippen molar-refractivity contribution >= 4 is 5.95 Å². The molecule has 0 radical (unpaired) electrons.